The van der Waals surface area contributed by atoms with E-state index in [0.717, 1.165) is 25.7 Å². The Morgan fingerprint density at radius 2 is 1.77 bits per heavy atom. The number of carbonyl (C=O) groups is 2. The van der Waals surface area contributed by atoms with Crippen molar-refractivity contribution in [3.05, 3.63) is 0 Å². The fourth-order valence-electron chi connectivity index (χ4n) is 7.57. The van der Waals surface area contributed by atoms with Crippen LogP contribution in [0.15, 0.2) is 0 Å². The Bertz CT molecular complexity index is 668. The van der Waals surface area contributed by atoms with Crippen molar-refractivity contribution in [3.8, 4) is 0 Å². The van der Waals surface area contributed by atoms with Crippen LogP contribution in [0.4, 0.5) is 4.39 Å². The maximum absolute atomic E-state index is 15.5. The number of halogens is 2. The van der Waals surface area contributed by atoms with Crippen LogP contribution in [-0.2, 0) is 9.59 Å². The van der Waals surface area contributed by atoms with Crippen LogP contribution in [-0.4, -0.2) is 32.8 Å². The number of alkyl halides is 2. The number of Topliss-reactive ketones (excluding diaryl/α,β-unsaturated/α-hetero) is 2. The Morgan fingerprint density at radius 3 is 2.42 bits per heavy atom. The maximum Gasteiger partial charge on any atom is 0.161 e. The summed E-state index contributed by atoms with van der Waals surface area (Å²) in [5, 5.41) is 11.2. The van der Waals surface area contributed by atoms with Gasteiger partial charge in [0, 0.05) is 18.3 Å². The predicted octanol–water partition coefficient (Wildman–Crippen LogP) is 4.38. The van der Waals surface area contributed by atoms with Crippen molar-refractivity contribution in [2.45, 2.75) is 88.2 Å². The standard InChI is InChI=1S/C21H30BrFO3/c1-12(24)21(26)9-6-16-14-10-17(23)20(22)11-13(25)4-7-18(20,2)15(14)5-8-19(16,21)3/h14-17,26H,4-11H2,1-3H3/t14-,15+,16+,17?,18-,19+,20?,21+/m1/s1. The molecule has 0 amide bonds. The van der Waals surface area contributed by atoms with Gasteiger partial charge in [-0.1, -0.05) is 29.8 Å². The molecule has 0 radical (unpaired) electrons. The first kappa shape index (κ1) is 19.0. The van der Waals surface area contributed by atoms with Gasteiger partial charge in [0.05, 0.1) is 4.32 Å². The third kappa shape index (κ3) is 2.08. The Kier molecular flexibility index (Phi) is 4.12. The molecule has 26 heavy (non-hydrogen) atoms. The second kappa shape index (κ2) is 5.62. The molecule has 8 atom stereocenters. The van der Waals surface area contributed by atoms with Gasteiger partial charge < -0.3 is 5.11 Å². The fraction of sp³-hybridized carbons (Fsp3) is 0.905. The molecule has 2 unspecified atom stereocenters. The zero-order chi connectivity index (χ0) is 19.1. The zero-order valence-electron chi connectivity index (χ0n) is 16.0. The van der Waals surface area contributed by atoms with Crippen molar-refractivity contribution in [1.82, 2.24) is 0 Å². The first-order chi connectivity index (χ1) is 12.0. The quantitative estimate of drug-likeness (QED) is 0.630. The Hall–Kier alpha value is -0.290. The first-order valence-corrected chi connectivity index (χ1v) is 10.9. The van der Waals surface area contributed by atoms with E-state index >= 15 is 4.39 Å². The molecule has 146 valence electrons. The summed E-state index contributed by atoms with van der Waals surface area (Å²) in [4.78, 5) is 24.4. The highest BCUT2D eigenvalue weighted by atomic mass is 79.9. The van der Waals surface area contributed by atoms with Crippen LogP contribution in [0.25, 0.3) is 0 Å². The van der Waals surface area contributed by atoms with Gasteiger partial charge in [0.15, 0.2) is 5.78 Å². The molecule has 4 saturated carbocycles. The van der Waals surface area contributed by atoms with E-state index in [9.17, 15) is 14.7 Å². The van der Waals surface area contributed by atoms with Crippen LogP contribution in [0.5, 0.6) is 0 Å². The minimum Gasteiger partial charge on any atom is -0.382 e. The molecule has 4 fully saturated rings. The van der Waals surface area contributed by atoms with E-state index < -0.39 is 21.5 Å². The molecule has 4 rings (SSSR count). The summed E-state index contributed by atoms with van der Waals surface area (Å²) < 4.78 is 14.7. The number of rotatable bonds is 1. The van der Waals surface area contributed by atoms with Gasteiger partial charge in [-0.3, -0.25) is 9.59 Å². The van der Waals surface area contributed by atoms with Crippen LogP contribution in [0.3, 0.4) is 0 Å². The number of hydrogen-bond donors (Lipinski definition) is 1. The lowest BCUT2D eigenvalue weighted by Crippen LogP contribution is -2.65. The first-order valence-electron chi connectivity index (χ1n) is 10.1. The van der Waals surface area contributed by atoms with Gasteiger partial charge >= 0.3 is 0 Å². The number of carbonyl (C=O) groups excluding carboxylic acids is 2. The normalized spacial score (nSPS) is 56.5. The van der Waals surface area contributed by atoms with Gasteiger partial charge in [-0.05, 0) is 68.6 Å². The van der Waals surface area contributed by atoms with E-state index in [1.807, 2.05) is 0 Å². The molecule has 4 aliphatic carbocycles. The average Bonchev–Trinajstić information content (AvgIpc) is 2.84. The molecule has 0 aromatic carbocycles. The Morgan fingerprint density at radius 1 is 1.15 bits per heavy atom. The van der Waals surface area contributed by atoms with Crippen LogP contribution in [0.2, 0.25) is 0 Å². The minimum atomic E-state index is -1.26. The van der Waals surface area contributed by atoms with Crippen LogP contribution < -0.4 is 0 Å². The van der Waals surface area contributed by atoms with E-state index in [2.05, 4.69) is 29.8 Å². The van der Waals surface area contributed by atoms with Crippen LogP contribution in [0, 0.1) is 28.6 Å². The molecule has 0 aromatic rings. The summed E-state index contributed by atoms with van der Waals surface area (Å²) in [6.07, 6.45) is 3.93. The summed E-state index contributed by atoms with van der Waals surface area (Å²) in [6.45, 7) is 5.72. The van der Waals surface area contributed by atoms with Crippen LogP contribution in [0.1, 0.15) is 72.1 Å². The van der Waals surface area contributed by atoms with Crippen molar-refractivity contribution in [2.75, 3.05) is 0 Å². The summed E-state index contributed by atoms with van der Waals surface area (Å²) in [7, 11) is 0. The van der Waals surface area contributed by atoms with Crippen molar-refractivity contribution >= 4 is 27.5 Å². The largest absolute Gasteiger partial charge is 0.382 e. The summed E-state index contributed by atoms with van der Waals surface area (Å²) in [5.74, 6) is 0.723. The lowest BCUT2D eigenvalue weighted by molar-refractivity contribution is -0.171. The molecule has 4 aliphatic rings. The van der Waals surface area contributed by atoms with E-state index in [1.54, 1.807) is 0 Å². The number of hydrogen-bond acceptors (Lipinski definition) is 3. The number of aliphatic hydroxyl groups is 1. The molecule has 3 nitrogen and oxygen atoms in total. The molecular weight excluding hydrogens is 399 g/mol. The number of ketones is 2. The highest BCUT2D eigenvalue weighted by Gasteiger charge is 2.70. The molecule has 0 aromatic heterocycles. The Labute approximate surface area is 163 Å². The van der Waals surface area contributed by atoms with Gasteiger partial charge in [0.25, 0.3) is 0 Å². The second-order valence-electron chi connectivity index (χ2n) is 9.99. The summed E-state index contributed by atoms with van der Waals surface area (Å²) >= 11 is 3.73. The lowest BCUT2D eigenvalue weighted by Gasteiger charge is -2.64. The van der Waals surface area contributed by atoms with Crippen molar-refractivity contribution in [2.24, 2.45) is 28.6 Å². The lowest BCUT2D eigenvalue weighted by atomic mass is 9.44. The molecule has 5 heteroatoms. The smallest absolute Gasteiger partial charge is 0.161 e. The summed E-state index contributed by atoms with van der Waals surface area (Å²) in [6, 6.07) is 0. The summed E-state index contributed by atoms with van der Waals surface area (Å²) in [5.41, 5.74) is -1.96. The van der Waals surface area contributed by atoms with Gasteiger partial charge in [-0.25, -0.2) is 4.39 Å². The van der Waals surface area contributed by atoms with Crippen molar-refractivity contribution < 1.29 is 19.1 Å². The maximum atomic E-state index is 15.5. The Balaban J connectivity index is 1.73. The van der Waals surface area contributed by atoms with Gasteiger partial charge in [0.2, 0.25) is 0 Å². The van der Waals surface area contributed by atoms with Crippen molar-refractivity contribution in [1.29, 1.82) is 0 Å². The predicted molar refractivity (Wildman–Crippen MR) is 101 cm³/mol. The molecule has 0 spiro atoms. The zero-order valence-corrected chi connectivity index (χ0v) is 17.6. The van der Waals surface area contributed by atoms with Gasteiger partial charge in [-0.2, -0.15) is 0 Å². The molecule has 0 aliphatic heterocycles. The second-order valence-corrected chi connectivity index (χ2v) is 11.4. The molecular formula is C21H30BrFO3. The molecule has 0 bridgehead atoms. The van der Waals surface area contributed by atoms with E-state index in [1.165, 1.54) is 6.92 Å². The molecule has 1 N–H and O–H groups in total. The van der Waals surface area contributed by atoms with E-state index in [0.29, 0.717) is 25.2 Å². The van der Waals surface area contributed by atoms with Gasteiger partial charge in [0.1, 0.15) is 17.6 Å². The van der Waals surface area contributed by atoms with E-state index in [-0.39, 0.29) is 35.2 Å². The minimum absolute atomic E-state index is 0.141. The van der Waals surface area contributed by atoms with E-state index in [4.69, 9.17) is 0 Å². The average molecular weight is 429 g/mol. The monoisotopic (exact) mass is 428 g/mol. The highest BCUT2D eigenvalue weighted by molar-refractivity contribution is 9.10. The highest BCUT2D eigenvalue weighted by Crippen LogP contribution is 2.70. The number of fused-ring (bicyclic) bond motifs is 5. The third-order valence-corrected chi connectivity index (χ3v) is 11.0. The molecule has 0 heterocycles. The van der Waals surface area contributed by atoms with Crippen molar-refractivity contribution in [3.63, 3.8) is 0 Å². The van der Waals surface area contributed by atoms with Crippen LogP contribution >= 0.6 is 15.9 Å². The fourth-order valence-corrected chi connectivity index (χ4v) is 8.57. The molecule has 0 saturated heterocycles. The van der Waals surface area contributed by atoms with Gasteiger partial charge in [-0.15, -0.1) is 0 Å². The third-order valence-electron chi connectivity index (χ3n) is 9.29. The topological polar surface area (TPSA) is 54.4 Å². The SMILES string of the molecule is CC(=O)[C@@]1(O)CC[C@H]2[C@@H]3CC(F)C4(Br)CC(=O)CC[C@]4(C)[C@H]3CC[C@@]21C.